The molecule has 8 nitrogen and oxygen atoms in total. The van der Waals surface area contributed by atoms with E-state index in [0.717, 1.165) is 44.4 Å². The highest BCUT2D eigenvalue weighted by Gasteiger charge is 2.31. The standard InChI is InChI=1S/C26H32ClFN4O4S/c1-37(35,36)24-16-19(28)8-10-23(24)30-11-13-31(14-12-30)25(33)17-32(20-5-3-2-4-6-20)26(34)18-7-9-21(27)22(29)15-18/h7-10,15-16,20H,2-6,11-14,17,29H2,1H3/i15D. The van der Waals surface area contributed by atoms with Crippen molar-refractivity contribution in [2.75, 3.05) is 49.6 Å². The predicted octanol–water partition coefficient (Wildman–Crippen LogP) is 3.59. The molecule has 1 saturated heterocycles. The zero-order chi connectivity index (χ0) is 27.6. The molecule has 2 aliphatic rings. The lowest BCUT2D eigenvalue weighted by molar-refractivity contribution is -0.132. The number of carbonyl (C=O) groups excluding carboxylic acids is 2. The fourth-order valence-corrected chi connectivity index (χ4v) is 6.03. The largest absolute Gasteiger partial charge is 0.398 e. The monoisotopic (exact) mass is 551 g/mol. The molecule has 37 heavy (non-hydrogen) atoms. The summed E-state index contributed by atoms with van der Waals surface area (Å²) < 4.78 is 46.5. The van der Waals surface area contributed by atoms with E-state index in [4.69, 9.17) is 18.7 Å². The Kier molecular flexibility index (Phi) is 7.85. The number of hydrogen-bond donors (Lipinski definition) is 1. The molecule has 2 amide bonds. The SMILES string of the molecule is [2H]c1c(C(=O)N(CC(=O)N2CCN(c3ccc(F)cc3S(C)(=O)=O)CC2)C2CCCCC2)ccc(Cl)c1N. The number of nitrogens with two attached hydrogens (primary N) is 1. The fourth-order valence-electron chi connectivity index (χ4n) is 5.02. The van der Waals surface area contributed by atoms with Gasteiger partial charge in [0.25, 0.3) is 5.91 Å². The van der Waals surface area contributed by atoms with E-state index in [-0.39, 0.29) is 45.7 Å². The van der Waals surface area contributed by atoms with Crippen LogP contribution in [0.2, 0.25) is 5.02 Å². The van der Waals surface area contributed by atoms with Crippen LogP contribution in [0.25, 0.3) is 0 Å². The van der Waals surface area contributed by atoms with Gasteiger partial charge in [0, 0.05) is 44.0 Å². The first kappa shape index (κ1) is 25.8. The van der Waals surface area contributed by atoms with Gasteiger partial charge in [-0.1, -0.05) is 30.9 Å². The van der Waals surface area contributed by atoms with Crippen molar-refractivity contribution in [2.45, 2.75) is 43.0 Å². The van der Waals surface area contributed by atoms with Crippen LogP contribution < -0.4 is 10.6 Å². The van der Waals surface area contributed by atoms with Gasteiger partial charge in [-0.2, -0.15) is 0 Å². The molecule has 2 fully saturated rings. The van der Waals surface area contributed by atoms with E-state index < -0.39 is 21.6 Å². The maximum atomic E-state index is 13.7. The molecular formula is C26H32ClFN4O4S. The van der Waals surface area contributed by atoms with Crippen LogP contribution in [0.1, 0.15) is 43.8 Å². The smallest absolute Gasteiger partial charge is 0.254 e. The van der Waals surface area contributed by atoms with Crippen LogP contribution in [-0.4, -0.2) is 75.1 Å². The Morgan fingerprint density at radius 1 is 1.14 bits per heavy atom. The topological polar surface area (TPSA) is 104 Å². The molecule has 1 heterocycles. The highest BCUT2D eigenvalue weighted by Crippen LogP contribution is 2.29. The molecule has 2 aromatic rings. The van der Waals surface area contributed by atoms with Crippen LogP contribution in [0.15, 0.2) is 41.3 Å². The molecule has 0 radical (unpaired) electrons. The second kappa shape index (κ2) is 11.3. The third kappa shape index (κ3) is 6.35. The first-order valence-corrected chi connectivity index (χ1v) is 14.6. The number of carbonyl (C=O) groups is 2. The zero-order valence-electron chi connectivity index (χ0n) is 21.8. The van der Waals surface area contributed by atoms with Gasteiger partial charge in [0.05, 0.1) is 22.7 Å². The molecular weight excluding hydrogens is 519 g/mol. The van der Waals surface area contributed by atoms with Crippen molar-refractivity contribution in [3.05, 3.63) is 52.8 Å². The summed E-state index contributed by atoms with van der Waals surface area (Å²) in [5, 5.41) is 0.199. The minimum absolute atomic E-state index is 0.0258. The quantitative estimate of drug-likeness (QED) is 0.550. The number of sulfone groups is 1. The summed E-state index contributed by atoms with van der Waals surface area (Å²) in [5.41, 5.74) is 6.44. The number of rotatable bonds is 6. The zero-order valence-corrected chi connectivity index (χ0v) is 22.3. The highest BCUT2D eigenvalue weighted by molar-refractivity contribution is 7.90. The Hall–Kier alpha value is -2.85. The summed E-state index contributed by atoms with van der Waals surface area (Å²) >= 11 is 6.02. The predicted molar refractivity (Wildman–Crippen MR) is 142 cm³/mol. The highest BCUT2D eigenvalue weighted by atomic mass is 35.5. The Morgan fingerprint density at radius 3 is 2.46 bits per heavy atom. The van der Waals surface area contributed by atoms with Gasteiger partial charge in [0.1, 0.15) is 12.4 Å². The Bertz CT molecular complexity index is 1330. The number of piperazine rings is 1. The molecule has 0 atom stereocenters. The number of amides is 2. The van der Waals surface area contributed by atoms with Gasteiger partial charge in [0.2, 0.25) is 5.91 Å². The number of halogens is 2. The molecule has 1 aliphatic carbocycles. The van der Waals surface area contributed by atoms with Crippen LogP contribution in [0.3, 0.4) is 0 Å². The minimum Gasteiger partial charge on any atom is -0.398 e. The van der Waals surface area contributed by atoms with Crippen molar-refractivity contribution in [1.29, 1.82) is 0 Å². The third-order valence-corrected chi connectivity index (χ3v) is 8.49. The molecule has 2 aromatic carbocycles. The van der Waals surface area contributed by atoms with Crippen molar-refractivity contribution < 1.29 is 23.8 Å². The van der Waals surface area contributed by atoms with Crippen molar-refractivity contribution >= 4 is 44.6 Å². The second-order valence-corrected chi connectivity index (χ2v) is 12.0. The lowest BCUT2D eigenvalue weighted by Gasteiger charge is -2.39. The molecule has 0 spiro atoms. The van der Waals surface area contributed by atoms with Crippen LogP contribution >= 0.6 is 11.6 Å². The van der Waals surface area contributed by atoms with Gasteiger partial charge in [0.15, 0.2) is 9.84 Å². The van der Waals surface area contributed by atoms with Crippen molar-refractivity contribution in [3.63, 3.8) is 0 Å². The molecule has 1 aliphatic heterocycles. The molecule has 0 aromatic heterocycles. The van der Waals surface area contributed by atoms with E-state index in [9.17, 15) is 22.4 Å². The Balaban J connectivity index is 1.49. The number of nitrogens with zero attached hydrogens (tertiary/aromatic N) is 3. The van der Waals surface area contributed by atoms with Crippen LogP contribution in [-0.2, 0) is 14.6 Å². The molecule has 2 N–H and O–H groups in total. The average molecular weight is 552 g/mol. The van der Waals surface area contributed by atoms with E-state index in [1.807, 2.05) is 4.90 Å². The molecule has 200 valence electrons. The van der Waals surface area contributed by atoms with Crippen LogP contribution in [0.5, 0.6) is 0 Å². The summed E-state index contributed by atoms with van der Waals surface area (Å²) in [6, 6.07) is 6.38. The normalized spacial score (nSPS) is 17.4. The first-order chi connectivity index (χ1) is 18.0. The molecule has 0 unspecified atom stereocenters. The van der Waals surface area contributed by atoms with E-state index in [2.05, 4.69) is 0 Å². The number of hydrogen-bond acceptors (Lipinski definition) is 6. The Morgan fingerprint density at radius 2 is 1.81 bits per heavy atom. The van der Waals surface area contributed by atoms with E-state index in [1.54, 1.807) is 9.80 Å². The van der Waals surface area contributed by atoms with Crippen LogP contribution in [0.4, 0.5) is 15.8 Å². The van der Waals surface area contributed by atoms with Gasteiger partial charge in [-0.3, -0.25) is 9.59 Å². The van der Waals surface area contributed by atoms with E-state index in [0.29, 0.717) is 31.9 Å². The first-order valence-electron chi connectivity index (χ1n) is 12.8. The number of benzene rings is 2. The van der Waals surface area contributed by atoms with Gasteiger partial charge in [-0.15, -0.1) is 0 Å². The van der Waals surface area contributed by atoms with Crippen molar-refractivity contribution in [3.8, 4) is 0 Å². The maximum absolute atomic E-state index is 13.7. The number of anilines is 2. The lowest BCUT2D eigenvalue weighted by atomic mass is 9.93. The van der Waals surface area contributed by atoms with Gasteiger partial charge >= 0.3 is 0 Å². The van der Waals surface area contributed by atoms with Crippen molar-refractivity contribution in [2.24, 2.45) is 0 Å². The lowest BCUT2D eigenvalue weighted by Crippen LogP contribution is -2.53. The molecule has 1 saturated carbocycles. The van der Waals surface area contributed by atoms with Gasteiger partial charge in [-0.25, -0.2) is 12.8 Å². The van der Waals surface area contributed by atoms with Gasteiger partial charge < -0.3 is 20.4 Å². The summed E-state index contributed by atoms with van der Waals surface area (Å²) in [4.78, 5) is 31.9. The minimum atomic E-state index is -3.65. The maximum Gasteiger partial charge on any atom is 0.254 e. The fraction of sp³-hybridized carbons (Fsp3) is 0.462. The molecule has 11 heteroatoms. The molecule has 0 bridgehead atoms. The van der Waals surface area contributed by atoms with E-state index >= 15 is 0 Å². The molecule has 4 rings (SSSR count). The number of nitrogen functional groups attached to an aromatic ring is 1. The second-order valence-electron chi connectivity index (χ2n) is 9.61. The van der Waals surface area contributed by atoms with Gasteiger partial charge in [-0.05, 0) is 49.2 Å². The summed E-state index contributed by atoms with van der Waals surface area (Å²) in [5.74, 6) is -1.27. The van der Waals surface area contributed by atoms with Crippen molar-refractivity contribution in [1.82, 2.24) is 9.80 Å². The summed E-state index contributed by atoms with van der Waals surface area (Å²) in [6.45, 7) is 1.24. The summed E-state index contributed by atoms with van der Waals surface area (Å²) in [7, 11) is -3.65. The average Bonchev–Trinajstić information content (AvgIpc) is 2.90. The summed E-state index contributed by atoms with van der Waals surface area (Å²) in [6.07, 6.45) is 5.59. The third-order valence-electron chi connectivity index (χ3n) is 7.03. The van der Waals surface area contributed by atoms with E-state index in [1.165, 1.54) is 24.3 Å². The van der Waals surface area contributed by atoms with Crippen LogP contribution in [0, 0.1) is 5.82 Å². The Labute approximate surface area is 223 Å².